The van der Waals surface area contributed by atoms with Gasteiger partial charge in [0.15, 0.2) is 0 Å². The highest BCUT2D eigenvalue weighted by Gasteiger charge is 2.22. The third-order valence-electron chi connectivity index (χ3n) is 2.95. The molecule has 0 N–H and O–H groups in total. The van der Waals surface area contributed by atoms with Crippen LogP contribution in [0.3, 0.4) is 0 Å². The van der Waals surface area contributed by atoms with Crippen LogP contribution in [-0.4, -0.2) is 20.8 Å². The van der Waals surface area contributed by atoms with Gasteiger partial charge < -0.3 is 4.52 Å². The molecule has 0 saturated heterocycles. The largest absolute Gasteiger partial charge is 0.338 e. The fourth-order valence-electron chi connectivity index (χ4n) is 1.89. The van der Waals surface area contributed by atoms with E-state index >= 15 is 0 Å². The number of carbonyl (C=O) groups is 1. The van der Waals surface area contributed by atoms with Crippen LogP contribution in [0.2, 0.25) is 0 Å². The molecule has 7 nitrogen and oxygen atoms in total. The maximum absolute atomic E-state index is 11.4. The Kier molecular flexibility index (Phi) is 3.88. The van der Waals surface area contributed by atoms with Crippen molar-refractivity contribution in [3.8, 4) is 11.4 Å². The Labute approximate surface area is 114 Å². The summed E-state index contributed by atoms with van der Waals surface area (Å²) in [5.41, 5.74) is 0.431. The van der Waals surface area contributed by atoms with E-state index in [1.54, 1.807) is 12.1 Å². The predicted molar refractivity (Wildman–Crippen MR) is 70.1 cm³/mol. The van der Waals surface area contributed by atoms with Gasteiger partial charge in [-0.3, -0.25) is 14.9 Å². The van der Waals surface area contributed by atoms with Gasteiger partial charge in [-0.1, -0.05) is 24.2 Å². The van der Waals surface area contributed by atoms with Gasteiger partial charge in [0.2, 0.25) is 11.7 Å². The van der Waals surface area contributed by atoms with Gasteiger partial charge in [-0.05, 0) is 13.3 Å². The molecule has 1 unspecified atom stereocenters. The van der Waals surface area contributed by atoms with Gasteiger partial charge in [0.1, 0.15) is 5.78 Å². The van der Waals surface area contributed by atoms with Gasteiger partial charge >= 0.3 is 0 Å². The molecular weight excluding hydrogens is 262 g/mol. The van der Waals surface area contributed by atoms with Crippen LogP contribution in [0.5, 0.6) is 0 Å². The Morgan fingerprint density at radius 1 is 1.50 bits per heavy atom. The summed E-state index contributed by atoms with van der Waals surface area (Å²) in [5, 5.41) is 14.5. The summed E-state index contributed by atoms with van der Waals surface area (Å²) >= 11 is 0. The number of aromatic nitrogens is 2. The summed E-state index contributed by atoms with van der Waals surface area (Å²) in [4.78, 5) is 25.8. The fourth-order valence-corrected chi connectivity index (χ4v) is 1.89. The number of hydrogen-bond donors (Lipinski definition) is 0. The van der Waals surface area contributed by atoms with Crippen molar-refractivity contribution in [3.05, 3.63) is 40.3 Å². The Morgan fingerprint density at radius 2 is 2.25 bits per heavy atom. The number of carbonyl (C=O) groups excluding carboxylic acids is 1. The number of non-ortho nitro benzene ring substituents is 1. The van der Waals surface area contributed by atoms with Crippen molar-refractivity contribution in [3.63, 3.8) is 0 Å². The molecule has 0 saturated carbocycles. The lowest BCUT2D eigenvalue weighted by Crippen LogP contribution is -2.07. The highest BCUT2D eigenvalue weighted by molar-refractivity contribution is 5.82. The van der Waals surface area contributed by atoms with Crippen LogP contribution < -0.4 is 0 Å². The summed E-state index contributed by atoms with van der Waals surface area (Å²) in [5.74, 6) is -0.0124. The molecule has 0 bridgehead atoms. The molecule has 0 aliphatic carbocycles. The number of nitro benzene ring substituents is 1. The molecule has 104 valence electrons. The molecule has 1 heterocycles. The summed E-state index contributed by atoms with van der Waals surface area (Å²) in [6.45, 7) is 3.31. The Bertz CT molecular complexity index is 651. The second-order valence-corrected chi connectivity index (χ2v) is 4.34. The molecular formula is C13H13N3O4. The number of benzene rings is 1. The van der Waals surface area contributed by atoms with E-state index in [1.807, 2.05) is 6.92 Å². The van der Waals surface area contributed by atoms with Crippen molar-refractivity contribution < 1.29 is 14.2 Å². The smallest absolute Gasteiger partial charge is 0.270 e. The van der Waals surface area contributed by atoms with Gasteiger partial charge in [0, 0.05) is 17.7 Å². The molecule has 0 spiro atoms. The van der Waals surface area contributed by atoms with Crippen LogP contribution in [0.15, 0.2) is 28.8 Å². The quantitative estimate of drug-likeness (QED) is 0.614. The number of hydrogen-bond acceptors (Lipinski definition) is 6. The van der Waals surface area contributed by atoms with E-state index in [1.165, 1.54) is 19.1 Å². The molecule has 1 atom stereocenters. The number of nitrogens with zero attached hydrogens (tertiary/aromatic N) is 3. The van der Waals surface area contributed by atoms with E-state index in [-0.39, 0.29) is 23.2 Å². The summed E-state index contributed by atoms with van der Waals surface area (Å²) in [6.07, 6.45) is 0.561. The monoisotopic (exact) mass is 275 g/mol. The van der Waals surface area contributed by atoms with Gasteiger partial charge in [-0.25, -0.2) is 0 Å². The summed E-state index contributed by atoms with van der Waals surface area (Å²) in [6, 6.07) is 5.94. The van der Waals surface area contributed by atoms with Gasteiger partial charge in [0.25, 0.3) is 5.69 Å². The molecule has 0 aliphatic heterocycles. The van der Waals surface area contributed by atoms with Crippen molar-refractivity contribution in [1.29, 1.82) is 0 Å². The molecule has 7 heteroatoms. The number of nitro groups is 1. The van der Waals surface area contributed by atoms with Crippen molar-refractivity contribution in [2.75, 3.05) is 0 Å². The Balaban J connectivity index is 2.35. The van der Waals surface area contributed by atoms with Crippen LogP contribution in [-0.2, 0) is 4.79 Å². The zero-order chi connectivity index (χ0) is 14.7. The van der Waals surface area contributed by atoms with Crippen molar-refractivity contribution >= 4 is 11.5 Å². The summed E-state index contributed by atoms with van der Waals surface area (Å²) < 4.78 is 5.08. The lowest BCUT2D eigenvalue weighted by molar-refractivity contribution is -0.384. The van der Waals surface area contributed by atoms with E-state index < -0.39 is 10.8 Å². The van der Waals surface area contributed by atoms with E-state index in [9.17, 15) is 14.9 Å². The van der Waals surface area contributed by atoms with Gasteiger partial charge in [-0.15, -0.1) is 0 Å². The first kappa shape index (κ1) is 13.9. The first-order chi connectivity index (χ1) is 9.52. The first-order valence-electron chi connectivity index (χ1n) is 6.11. The molecule has 2 rings (SSSR count). The van der Waals surface area contributed by atoms with E-state index in [0.717, 1.165) is 0 Å². The van der Waals surface area contributed by atoms with Crippen LogP contribution in [0, 0.1) is 10.1 Å². The van der Waals surface area contributed by atoms with Gasteiger partial charge in [0.05, 0.1) is 10.8 Å². The predicted octanol–water partition coefficient (Wildman–Crippen LogP) is 2.73. The average molecular weight is 275 g/mol. The number of Topliss-reactive ketones (excluding diaryl/α,β-unsaturated/α-hetero) is 1. The summed E-state index contributed by atoms with van der Waals surface area (Å²) in [7, 11) is 0. The standard InChI is InChI=1S/C13H13N3O4/c1-3-11(8(2)17)13-14-12(15-20-13)9-5-4-6-10(7-9)16(18)19/h4-7,11H,3H2,1-2H3. The molecule has 20 heavy (non-hydrogen) atoms. The van der Waals surface area contributed by atoms with E-state index in [0.29, 0.717) is 12.0 Å². The molecule has 0 amide bonds. The van der Waals surface area contributed by atoms with Crippen molar-refractivity contribution in [1.82, 2.24) is 10.1 Å². The Morgan fingerprint density at radius 3 is 2.85 bits per heavy atom. The zero-order valence-corrected chi connectivity index (χ0v) is 11.1. The molecule has 1 aromatic carbocycles. The van der Waals surface area contributed by atoms with Gasteiger partial charge in [-0.2, -0.15) is 4.98 Å². The Hall–Kier alpha value is -2.57. The second kappa shape index (κ2) is 5.60. The lowest BCUT2D eigenvalue weighted by Gasteiger charge is -2.03. The highest BCUT2D eigenvalue weighted by Crippen LogP contribution is 2.25. The minimum absolute atomic E-state index is 0.0486. The highest BCUT2D eigenvalue weighted by atomic mass is 16.6. The molecule has 2 aromatic rings. The molecule has 0 radical (unpaired) electrons. The van der Waals surface area contributed by atoms with Crippen LogP contribution >= 0.6 is 0 Å². The lowest BCUT2D eigenvalue weighted by atomic mass is 10.0. The maximum atomic E-state index is 11.4. The fraction of sp³-hybridized carbons (Fsp3) is 0.308. The van der Waals surface area contributed by atoms with E-state index in [2.05, 4.69) is 10.1 Å². The normalized spacial score (nSPS) is 12.1. The van der Waals surface area contributed by atoms with E-state index in [4.69, 9.17) is 4.52 Å². The molecule has 0 fully saturated rings. The minimum Gasteiger partial charge on any atom is -0.338 e. The van der Waals surface area contributed by atoms with Crippen LogP contribution in [0.25, 0.3) is 11.4 Å². The minimum atomic E-state index is -0.491. The van der Waals surface area contributed by atoms with Crippen LogP contribution in [0.1, 0.15) is 32.1 Å². The maximum Gasteiger partial charge on any atom is 0.270 e. The average Bonchev–Trinajstić information content (AvgIpc) is 2.89. The SMILES string of the molecule is CCC(C(C)=O)c1nc(-c2cccc([N+](=O)[O-])c2)no1. The van der Waals surface area contributed by atoms with Crippen molar-refractivity contribution in [2.45, 2.75) is 26.2 Å². The zero-order valence-electron chi connectivity index (χ0n) is 11.1. The third kappa shape index (κ3) is 2.71. The second-order valence-electron chi connectivity index (χ2n) is 4.34. The van der Waals surface area contributed by atoms with Crippen molar-refractivity contribution in [2.24, 2.45) is 0 Å². The number of ketones is 1. The topological polar surface area (TPSA) is 99.1 Å². The first-order valence-corrected chi connectivity index (χ1v) is 6.11. The third-order valence-corrected chi connectivity index (χ3v) is 2.95. The number of rotatable bonds is 5. The molecule has 0 aliphatic rings. The molecule has 1 aromatic heterocycles. The van der Waals surface area contributed by atoms with Crippen LogP contribution in [0.4, 0.5) is 5.69 Å².